The fourth-order valence-electron chi connectivity index (χ4n) is 1.25. The molecule has 0 radical (unpaired) electrons. The van der Waals surface area contributed by atoms with Crippen LogP contribution in [-0.2, 0) is 4.79 Å². The number of phenolic OH excluding ortho intramolecular Hbond substituents is 1. The summed E-state index contributed by atoms with van der Waals surface area (Å²) < 4.78 is 4.82. The van der Waals surface area contributed by atoms with Crippen molar-refractivity contribution in [1.82, 2.24) is 5.32 Å². The normalized spacial score (nSPS) is 11.7. The number of hydrogen-bond acceptors (Lipinski definition) is 5. The van der Waals surface area contributed by atoms with Crippen LogP contribution in [-0.4, -0.2) is 47.0 Å². The number of carboxylic acid groups (broad SMARTS) is 1. The van der Waals surface area contributed by atoms with E-state index in [1.165, 1.54) is 25.3 Å². The van der Waals surface area contributed by atoms with Crippen molar-refractivity contribution in [2.45, 2.75) is 6.04 Å². The van der Waals surface area contributed by atoms with Crippen LogP contribution >= 0.6 is 0 Å². The van der Waals surface area contributed by atoms with Crippen molar-refractivity contribution in [1.29, 1.82) is 0 Å². The second-order valence-corrected chi connectivity index (χ2v) is 3.43. The van der Waals surface area contributed by atoms with E-state index < -0.39 is 24.5 Å². The summed E-state index contributed by atoms with van der Waals surface area (Å²) in [5.41, 5.74) is 0.115. The van der Waals surface area contributed by atoms with Gasteiger partial charge in [0.1, 0.15) is 0 Å². The lowest BCUT2D eigenvalue weighted by atomic mass is 10.1. The molecule has 4 N–H and O–H groups in total. The van der Waals surface area contributed by atoms with E-state index in [0.29, 0.717) is 0 Å². The second-order valence-electron chi connectivity index (χ2n) is 3.43. The van der Waals surface area contributed by atoms with Gasteiger partial charge in [0.15, 0.2) is 17.5 Å². The Hall–Kier alpha value is -2.28. The topological polar surface area (TPSA) is 116 Å². The molecular formula is C11H13NO6. The van der Waals surface area contributed by atoms with Crippen LogP contribution < -0.4 is 10.1 Å². The first-order valence-corrected chi connectivity index (χ1v) is 5.01. The predicted octanol–water partition coefficient (Wildman–Crippen LogP) is -0.424. The molecule has 0 aliphatic heterocycles. The Morgan fingerprint density at radius 1 is 1.44 bits per heavy atom. The predicted molar refractivity (Wildman–Crippen MR) is 60.6 cm³/mol. The summed E-state index contributed by atoms with van der Waals surface area (Å²) in [5, 5.41) is 28.9. The van der Waals surface area contributed by atoms with Crippen molar-refractivity contribution in [3.8, 4) is 11.5 Å². The monoisotopic (exact) mass is 255 g/mol. The molecule has 0 saturated heterocycles. The number of hydrogen-bond donors (Lipinski definition) is 4. The summed E-state index contributed by atoms with van der Waals surface area (Å²) in [4.78, 5) is 22.3. The van der Waals surface area contributed by atoms with Crippen LogP contribution in [0.4, 0.5) is 0 Å². The minimum absolute atomic E-state index is 0.0959. The molecule has 1 aromatic carbocycles. The molecule has 0 unspecified atom stereocenters. The van der Waals surface area contributed by atoms with E-state index in [-0.39, 0.29) is 17.1 Å². The van der Waals surface area contributed by atoms with Crippen LogP contribution in [0.15, 0.2) is 18.2 Å². The molecule has 7 heteroatoms. The minimum Gasteiger partial charge on any atom is -0.504 e. The van der Waals surface area contributed by atoms with Crippen molar-refractivity contribution < 1.29 is 29.6 Å². The highest BCUT2D eigenvalue weighted by atomic mass is 16.5. The first-order valence-electron chi connectivity index (χ1n) is 5.01. The molecule has 18 heavy (non-hydrogen) atoms. The summed E-state index contributed by atoms with van der Waals surface area (Å²) in [5.74, 6) is -2.06. The number of aliphatic carboxylic acids is 1. The first kappa shape index (κ1) is 13.8. The highest BCUT2D eigenvalue weighted by molar-refractivity contribution is 5.97. The molecule has 98 valence electrons. The molecule has 0 fully saturated rings. The van der Waals surface area contributed by atoms with Gasteiger partial charge in [-0.2, -0.15) is 0 Å². The zero-order chi connectivity index (χ0) is 13.7. The van der Waals surface area contributed by atoms with E-state index in [1.54, 1.807) is 0 Å². The van der Waals surface area contributed by atoms with Crippen molar-refractivity contribution in [3.05, 3.63) is 23.8 Å². The fraction of sp³-hybridized carbons (Fsp3) is 0.273. The lowest BCUT2D eigenvalue weighted by Crippen LogP contribution is -2.43. The van der Waals surface area contributed by atoms with Crippen molar-refractivity contribution in [2.24, 2.45) is 0 Å². The third kappa shape index (κ3) is 3.11. The summed E-state index contributed by atoms with van der Waals surface area (Å²) in [6, 6.07) is 2.45. The van der Waals surface area contributed by atoms with Gasteiger partial charge >= 0.3 is 5.97 Å². The van der Waals surface area contributed by atoms with Crippen LogP contribution in [0, 0.1) is 0 Å². The summed E-state index contributed by atoms with van der Waals surface area (Å²) >= 11 is 0. The molecule has 1 atom stereocenters. The van der Waals surface area contributed by atoms with Crippen LogP contribution in [0.25, 0.3) is 0 Å². The molecule has 7 nitrogen and oxygen atoms in total. The van der Waals surface area contributed by atoms with Gasteiger partial charge in [0.05, 0.1) is 13.7 Å². The maximum absolute atomic E-state index is 11.7. The van der Waals surface area contributed by atoms with Gasteiger partial charge in [-0.05, 0) is 18.2 Å². The Morgan fingerprint density at radius 2 is 2.11 bits per heavy atom. The van der Waals surface area contributed by atoms with Gasteiger partial charge in [-0.1, -0.05) is 0 Å². The van der Waals surface area contributed by atoms with Gasteiger partial charge < -0.3 is 25.4 Å². The van der Waals surface area contributed by atoms with Crippen LogP contribution in [0.3, 0.4) is 0 Å². The molecular weight excluding hydrogens is 242 g/mol. The second kappa shape index (κ2) is 5.87. The highest BCUT2D eigenvalue weighted by Gasteiger charge is 2.20. The molecule has 0 spiro atoms. The average Bonchev–Trinajstić information content (AvgIpc) is 2.35. The van der Waals surface area contributed by atoms with Crippen molar-refractivity contribution in [2.75, 3.05) is 13.7 Å². The fourth-order valence-corrected chi connectivity index (χ4v) is 1.25. The lowest BCUT2D eigenvalue weighted by molar-refractivity contribution is -0.140. The van der Waals surface area contributed by atoms with Crippen molar-refractivity contribution >= 4 is 11.9 Å². The van der Waals surface area contributed by atoms with E-state index >= 15 is 0 Å². The third-order valence-corrected chi connectivity index (χ3v) is 2.23. The number of phenols is 1. The Morgan fingerprint density at radius 3 is 2.61 bits per heavy atom. The number of rotatable bonds is 5. The third-order valence-electron chi connectivity index (χ3n) is 2.23. The molecule has 1 aromatic rings. The van der Waals surface area contributed by atoms with E-state index in [9.17, 15) is 14.7 Å². The molecule has 0 heterocycles. The SMILES string of the molecule is COc1cc(C(=O)N[C@@H](CO)C(=O)O)ccc1O. The number of carbonyl (C=O) groups is 2. The number of carbonyl (C=O) groups excluding carboxylic acids is 1. The summed E-state index contributed by atoms with van der Waals surface area (Å²) in [7, 11) is 1.32. The number of benzene rings is 1. The molecule has 0 aliphatic carbocycles. The van der Waals surface area contributed by atoms with Gasteiger partial charge in [0.25, 0.3) is 5.91 Å². The van der Waals surface area contributed by atoms with Crippen LogP contribution in [0.2, 0.25) is 0 Å². The smallest absolute Gasteiger partial charge is 0.328 e. The van der Waals surface area contributed by atoms with Crippen LogP contribution in [0.5, 0.6) is 11.5 Å². The van der Waals surface area contributed by atoms with Gasteiger partial charge in [-0.25, -0.2) is 4.79 Å². The van der Waals surface area contributed by atoms with Gasteiger partial charge in [-0.15, -0.1) is 0 Å². The number of aliphatic hydroxyl groups excluding tert-OH is 1. The van der Waals surface area contributed by atoms with Gasteiger partial charge in [0, 0.05) is 5.56 Å². The Bertz CT molecular complexity index is 459. The van der Waals surface area contributed by atoms with Crippen molar-refractivity contribution in [3.63, 3.8) is 0 Å². The van der Waals surface area contributed by atoms with E-state index in [1.807, 2.05) is 0 Å². The minimum atomic E-state index is -1.38. The zero-order valence-electron chi connectivity index (χ0n) is 9.58. The zero-order valence-corrected chi connectivity index (χ0v) is 9.58. The standard InChI is InChI=1S/C11H13NO6/c1-18-9-4-6(2-3-8(9)14)10(15)12-7(5-13)11(16)17/h2-4,7,13-14H,5H2,1H3,(H,12,15)(H,16,17)/t7-/m0/s1. The number of nitrogens with one attached hydrogen (secondary N) is 1. The molecule has 0 bridgehead atoms. The largest absolute Gasteiger partial charge is 0.504 e. The van der Waals surface area contributed by atoms with E-state index in [4.69, 9.17) is 14.9 Å². The molecule has 0 aromatic heterocycles. The highest BCUT2D eigenvalue weighted by Crippen LogP contribution is 2.26. The number of carboxylic acids is 1. The number of amides is 1. The number of aliphatic hydroxyl groups is 1. The molecule has 1 amide bonds. The quantitative estimate of drug-likeness (QED) is 0.567. The number of ether oxygens (including phenoxy) is 1. The Kier molecular flexibility index (Phi) is 4.50. The maximum atomic E-state index is 11.7. The Balaban J connectivity index is 2.87. The van der Waals surface area contributed by atoms with E-state index in [2.05, 4.69) is 5.32 Å². The lowest BCUT2D eigenvalue weighted by Gasteiger charge is -2.12. The summed E-state index contributed by atoms with van der Waals surface area (Å²) in [6.07, 6.45) is 0. The molecule has 1 rings (SSSR count). The molecule has 0 saturated carbocycles. The maximum Gasteiger partial charge on any atom is 0.328 e. The Labute approximate surface area is 103 Å². The summed E-state index contributed by atoms with van der Waals surface area (Å²) in [6.45, 7) is -0.712. The molecule has 0 aliphatic rings. The van der Waals surface area contributed by atoms with Gasteiger partial charge in [-0.3, -0.25) is 4.79 Å². The average molecular weight is 255 g/mol. The first-order chi connectivity index (χ1) is 8.49. The van der Waals surface area contributed by atoms with Gasteiger partial charge in [0.2, 0.25) is 0 Å². The van der Waals surface area contributed by atoms with E-state index in [0.717, 1.165) is 0 Å². The number of methoxy groups -OCH3 is 1. The number of aromatic hydroxyl groups is 1. The van der Waals surface area contributed by atoms with Crippen LogP contribution in [0.1, 0.15) is 10.4 Å².